The molecule has 0 spiro atoms. The second-order valence-corrected chi connectivity index (χ2v) is 5.55. The number of likely N-dealkylation sites (tertiary alicyclic amines) is 1. The van der Waals surface area contributed by atoms with Gasteiger partial charge in [-0.1, -0.05) is 6.92 Å². The van der Waals surface area contributed by atoms with E-state index in [0.29, 0.717) is 6.04 Å². The third-order valence-electron chi connectivity index (χ3n) is 3.99. The van der Waals surface area contributed by atoms with E-state index in [1.165, 1.54) is 25.9 Å². The fourth-order valence-corrected chi connectivity index (χ4v) is 2.46. The van der Waals surface area contributed by atoms with Gasteiger partial charge in [-0.25, -0.2) is 0 Å². The van der Waals surface area contributed by atoms with Crippen molar-refractivity contribution in [1.82, 2.24) is 4.90 Å². The van der Waals surface area contributed by atoms with Gasteiger partial charge in [-0.15, -0.1) is 12.4 Å². The van der Waals surface area contributed by atoms with Crippen LogP contribution in [0.25, 0.3) is 0 Å². The topological polar surface area (TPSA) is 21.7 Å². The van der Waals surface area contributed by atoms with E-state index < -0.39 is 0 Å². The predicted octanol–water partition coefficient (Wildman–Crippen LogP) is 3.62. The first-order valence-electron chi connectivity index (χ1n) is 7.20. The van der Waals surface area contributed by atoms with Gasteiger partial charge in [-0.3, -0.25) is 4.90 Å². The lowest BCUT2D eigenvalue weighted by molar-refractivity contribution is 0.108. The molecular weight excluding hydrogens is 274 g/mol. The Morgan fingerprint density at radius 3 is 2.25 bits per heavy atom. The van der Waals surface area contributed by atoms with Gasteiger partial charge >= 0.3 is 0 Å². The number of methoxy groups -OCH3 is 1. The van der Waals surface area contributed by atoms with Gasteiger partial charge in [0.2, 0.25) is 0 Å². The molecule has 1 atom stereocenters. The van der Waals surface area contributed by atoms with Crippen LogP contribution in [0.15, 0.2) is 24.3 Å². The van der Waals surface area contributed by atoms with Crippen molar-refractivity contribution in [3.8, 4) is 11.5 Å². The fraction of sp³-hybridized carbons (Fsp3) is 0.625. The molecule has 0 bridgehead atoms. The normalized spacial score (nSPS) is 18.1. The minimum atomic E-state index is 0. The molecule has 1 aliphatic heterocycles. The Balaban J connectivity index is 0.00000200. The zero-order valence-corrected chi connectivity index (χ0v) is 13.5. The van der Waals surface area contributed by atoms with E-state index in [1.54, 1.807) is 7.11 Å². The second kappa shape index (κ2) is 8.38. The fourth-order valence-electron chi connectivity index (χ4n) is 2.46. The van der Waals surface area contributed by atoms with Crippen molar-refractivity contribution in [2.45, 2.75) is 32.7 Å². The van der Waals surface area contributed by atoms with Crippen LogP contribution in [-0.2, 0) is 0 Å². The minimum Gasteiger partial charge on any atom is -0.497 e. The maximum Gasteiger partial charge on any atom is 0.119 e. The first-order chi connectivity index (χ1) is 9.19. The number of hydrogen-bond acceptors (Lipinski definition) is 3. The van der Waals surface area contributed by atoms with E-state index in [-0.39, 0.29) is 12.4 Å². The Labute approximate surface area is 128 Å². The van der Waals surface area contributed by atoms with E-state index in [4.69, 9.17) is 9.47 Å². The van der Waals surface area contributed by atoms with Crippen LogP contribution >= 0.6 is 12.4 Å². The average Bonchev–Trinajstić information content (AvgIpc) is 2.46. The van der Waals surface area contributed by atoms with Gasteiger partial charge in [-0.2, -0.15) is 0 Å². The molecule has 0 unspecified atom stereocenters. The van der Waals surface area contributed by atoms with Crippen molar-refractivity contribution in [1.29, 1.82) is 0 Å². The molecule has 1 heterocycles. The SMILES string of the molecule is COc1ccc(OC[C@@H](C)N2CCC(C)CC2)cc1.Cl. The molecule has 2 rings (SSSR count). The molecule has 1 aromatic carbocycles. The highest BCUT2D eigenvalue weighted by Crippen LogP contribution is 2.20. The Morgan fingerprint density at radius 1 is 1.15 bits per heavy atom. The monoisotopic (exact) mass is 299 g/mol. The summed E-state index contributed by atoms with van der Waals surface area (Å²) in [5.74, 6) is 2.66. The van der Waals surface area contributed by atoms with Crippen molar-refractivity contribution in [2.24, 2.45) is 5.92 Å². The average molecular weight is 300 g/mol. The summed E-state index contributed by atoms with van der Waals surface area (Å²) in [5, 5.41) is 0. The maximum absolute atomic E-state index is 5.85. The molecule has 114 valence electrons. The number of rotatable bonds is 5. The molecule has 0 saturated carbocycles. The Kier molecular flexibility index (Phi) is 7.17. The summed E-state index contributed by atoms with van der Waals surface area (Å²) in [6.07, 6.45) is 2.62. The van der Waals surface area contributed by atoms with E-state index >= 15 is 0 Å². The van der Waals surface area contributed by atoms with Gasteiger partial charge < -0.3 is 9.47 Å². The number of benzene rings is 1. The first-order valence-corrected chi connectivity index (χ1v) is 7.20. The molecule has 0 N–H and O–H groups in total. The van der Waals surface area contributed by atoms with Gasteiger partial charge in [0.15, 0.2) is 0 Å². The predicted molar refractivity (Wildman–Crippen MR) is 85.2 cm³/mol. The van der Waals surface area contributed by atoms with E-state index in [0.717, 1.165) is 24.0 Å². The summed E-state index contributed by atoms with van der Waals surface area (Å²) >= 11 is 0. The van der Waals surface area contributed by atoms with Crippen molar-refractivity contribution >= 4 is 12.4 Å². The lowest BCUT2D eigenvalue weighted by Gasteiger charge is -2.34. The number of nitrogens with zero attached hydrogens (tertiary/aromatic N) is 1. The molecule has 0 amide bonds. The molecule has 1 saturated heterocycles. The van der Waals surface area contributed by atoms with E-state index in [1.807, 2.05) is 24.3 Å². The lowest BCUT2D eigenvalue weighted by atomic mass is 9.98. The van der Waals surface area contributed by atoms with Gasteiger partial charge in [0.25, 0.3) is 0 Å². The molecule has 0 aromatic heterocycles. The van der Waals surface area contributed by atoms with Crippen molar-refractivity contribution < 1.29 is 9.47 Å². The Bertz CT molecular complexity index is 375. The van der Waals surface area contributed by atoms with Gasteiger partial charge in [-0.05, 0) is 63.0 Å². The van der Waals surface area contributed by atoms with Crippen LogP contribution < -0.4 is 9.47 Å². The number of halogens is 1. The lowest BCUT2D eigenvalue weighted by Crippen LogP contribution is -2.42. The zero-order chi connectivity index (χ0) is 13.7. The minimum absolute atomic E-state index is 0. The van der Waals surface area contributed by atoms with Gasteiger partial charge in [0.05, 0.1) is 7.11 Å². The van der Waals surface area contributed by atoms with Crippen LogP contribution in [0.1, 0.15) is 26.7 Å². The standard InChI is InChI=1S/C16H25NO2.ClH/c1-13-8-10-17(11-9-13)14(2)12-19-16-6-4-15(18-3)5-7-16;/h4-7,13-14H,8-12H2,1-3H3;1H/t14-;/m1./s1. The molecule has 20 heavy (non-hydrogen) atoms. The van der Waals surface area contributed by atoms with Crippen molar-refractivity contribution in [3.05, 3.63) is 24.3 Å². The van der Waals surface area contributed by atoms with Crippen LogP contribution in [0, 0.1) is 5.92 Å². The number of ether oxygens (including phenoxy) is 2. The van der Waals surface area contributed by atoms with Gasteiger partial charge in [0, 0.05) is 6.04 Å². The van der Waals surface area contributed by atoms with E-state index in [2.05, 4.69) is 18.7 Å². The van der Waals surface area contributed by atoms with Gasteiger partial charge in [0.1, 0.15) is 18.1 Å². The molecular formula is C16H26ClNO2. The summed E-state index contributed by atoms with van der Waals surface area (Å²) in [5.41, 5.74) is 0. The molecule has 1 aliphatic rings. The largest absolute Gasteiger partial charge is 0.497 e. The second-order valence-electron chi connectivity index (χ2n) is 5.55. The zero-order valence-electron chi connectivity index (χ0n) is 12.7. The summed E-state index contributed by atoms with van der Waals surface area (Å²) in [4.78, 5) is 2.53. The molecule has 0 radical (unpaired) electrons. The smallest absolute Gasteiger partial charge is 0.119 e. The third kappa shape index (κ3) is 4.88. The Morgan fingerprint density at radius 2 is 1.70 bits per heavy atom. The molecule has 3 nitrogen and oxygen atoms in total. The summed E-state index contributed by atoms with van der Waals surface area (Å²) in [6, 6.07) is 8.27. The first kappa shape index (κ1) is 17.1. The van der Waals surface area contributed by atoms with Crippen LogP contribution in [-0.4, -0.2) is 37.7 Å². The number of piperidine rings is 1. The van der Waals surface area contributed by atoms with Crippen molar-refractivity contribution in [2.75, 3.05) is 26.8 Å². The van der Waals surface area contributed by atoms with Crippen LogP contribution in [0.5, 0.6) is 11.5 Å². The van der Waals surface area contributed by atoms with Crippen molar-refractivity contribution in [3.63, 3.8) is 0 Å². The molecule has 0 aliphatic carbocycles. The summed E-state index contributed by atoms with van der Waals surface area (Å²) < 4.78 is 11.0. The highest BCUT2D eigenvalue weighted by Gasteiger charge is 2.20. The van der Waals surface area contributed by atoms with E-state index in [9.17, 15) is 0 Å². The highest BCUT2D eigenvalue weighted by molar-refractivity contribution is 5.85. The maximum atomic E-state index is 5.85. The summed E-state index contributed by atoms with van der Waals surface area (Å²) in [6.45, 7) is 7.75. The third-order valence-corrected chi connectivity index (χ3v) is 3.99. The quantitative estimate of drug-likeness (QED) is 0.829. The molecule has 4 heteroatoms. The Hall–Kier alpha value is -0.930. The molecule has 1 aromatic rings. The van der Waals surface area contributed by atoms with Crippen LogP contribution in [0.3, 0.4) is 0 Å². The summed E-state index contributed by atoms with van der Waals surface area (Å²) in [7, 11) is 1.68. The number of hydrogen-bond donors (Lipinski definition) is 0. The highest BCUT2D eigenvalue weighted by atomic mass is 35.5. The van der Waals surface area contributed by atoms with Crippen LogP contribution in [0.2, 0.25) is 0 Å². The van der Waals surface area contributed by atoms with Crippen LogP contribution in [0.4, 0.5) is 0 Å². The molecule has 1 fully saturated rings.